The molecular formula is C8H16N4O. The molecule has 74 valence electrons. The summed E-state index contributed by atoms with van der Waals surface area (Å²) < 4.78 is 5.57. The molecule has 2 unspecified atom stereocenters. The zero-order chi connectivity index (χ0) is 9.26. The number of hydrogen-bond acceptors (Lipinski definition) is 4. The topological polar surface area (TPSA) is 76.9 Å². The van der Waals surface area contributed by atoms with Gasteiger partial charge in [-0.3, -0.25) is 4.90 Å². The van der Waals surface area contributed by atoms with Crippen LogP contribution in [0.4, 0.5) is 0 Å². The van der Waals surface area contributed by atoms with Crippen molar-refractivity contribution in [1.82, 2.24) is 4.90 Å². The van der Waals surface area contributed by atoms with E-state index in [0.29, 0.717) is 11.9 Å². The molecule has 0 saturated carbocycles. The summed E-state index contributed by atoms with van der Waals surface area (Å²) >= 11 is 0. The lowest BCUT2D eigenvalue weighted by Gasteiger charge is -2.34. The first kappa shape index (κ1) is 8.77. The molecule has 5 heteroatoms. The predicted molar refractivity (Wildman–Crippen MR) is 50.1 cm³/mol. The third-order valence-electron chi connectivity index (χ3n) is 2.87. The molecule has 2 aliphatic heterocycles. The minimum absolute atomic E-state index is 0.0978. The zero-order valence-corrected chi connectivity index (χ0v) is 7.65. The molecule has 13 heavy (non-hydrogen) atoms. The first-order valence-electron chi connectivity index (χ1n) is 4.70. The highest BCUT2D eigenvalue weighted by Gasteiger charge is 2.33. The molecule has 2 rings (SSSR count). The number of nitrogens with zero attached hydrogens (tertiary/aromatic N) is 2. The Bertz CT molecular complexity index is 218. The maximum Gasteiger partial charge on any atom is 0.149 e. The molecule has 0 spiro atoms. The molecular weight excluding hydrogens is 168 g/mol. The standard InChI is InChI=1S/C8H16N4O/c9-8(11-10)7-4-12-3-1-2-6(12)5-13-7/h6-7H,1-5,10H2,(H2,9,11). The van der Waals surface area contributed by atoms with Crippen LogP contribution >= 0.6 is 0 Å². The fourth-order valence-electron chi connectivity index (χ4n) is 2.08. The molecule has 0 amide bonds. The largest absolute Gasteiger partial charge is 0.383 e. The molecule has 5 nitrogen and oxygen atoms in total. The van der Waals surface area contributed by atoms with Crippen molar-refractivity contribution in [1.29, 1.82) is 0 Å². The number of hydrogen-bond donors (Lipinski definition) is 2. The zero-order valence-electron chi connectivity index (χ0n) is 7.65. The van der Waals surface area contributed by atoms with Gasteiger partial charge in [0.1, 0.15) is 11.9 Å². The molecule has 0 aromatic rings. The minimum Gasteiger partial charge on any atom is -0.383 e. The van der Waals surface area contributed by atoms with Crippen LogP contribution in [0.3, 0.4) is 0 Å². The molecule has 2 saturated heterocycles. The van der Waals surface area contributed by atoms with Crippen LogP contribution in [0.25, 0.3) is 0 Å². The van der Waals surface area contributed by atoms with Crippen LogP contribution in [-0.2, 0) is 4.74 Å². The monoisotopic (exact) mass is 184 g/mol. The van der Waals surface area contributed by atoms with Gasteiger partial charge in [0, 0.05) is 12.6 Å². The average Bonchev–Trinajstić information content (AvgIpc) is 2.63. The number of amidine groups is 1. The van der Waals surface area contributed by atoms with Gasteiger partial charge in [-0.25, -0.2) is 0 Å². The highest BCUT2D eigenvalue weighted by Crippen LogP contribution is 2.22. The number of hydrazone groups is 1. The van der Waals surface area contributed by atoms with Gasteiger partial charge >= 0.3 is 0 Å². The quantitative estimate of drug-likeness (QED) is 0.239. The van der Waals surface area contributed by atoms with Gasteiger partial charge in [0.25, 0.3) is 0 Å². The van der Waals surface area contributed by atoms with E-state index in [9.17, 15) is 0 Å². The third kappa shape index (κ3) is 1.62. The Morgan fingerprint density at radius 2 is 2.38 bits per heavy atom. The fraction of sp³-hybridized carbons (Fsp3) is 0.875. The van der Waals surface area contributed by atoms with Crippen molar-refractivity contribution in [3.8, 4) is 0 Å². The second kappa shape index (κ2) is 3.51. The van der Waals surface area contributed by atoms with Gasteiger partial charge in [0.2, 0.25) is 0 Å². The lowest BCUT2D eigenvalue weighted by atomic mass is 10.2. The molecule has 4 N–H and O–H groups in total. The van der Waals surface area contributed by atoms with Crippen LogP contribution in [0, 0.1) is 0 Å². The van der Waals surface area contributed by atoms with E-state index in [4.69, 9.17) is 16.3 Å². The maximum absolute atomic E-state index is 5.60. The smallest absolute Gasteiger partial charge is 0.149 e. The van der Waals surface area contributed by atoms with Crippen LogP contribution in [-0.4, -0.2) is 42.6 Å². The molecule has 0 bridgehead atoms. The summed E-state index contributed by atoms with van der Waals surface area (Å²) in [5, 5.41) is 3.47. The average molecular weight is 184 g/mol. The van der Waals surface area contributed by atoms with Crippen LogP contribution in [0.5, 0.6) is 0 Å². The second-order valence-corrected chi connectivity index (χ2v) is 3.67. The Hall–Kier alpha value is -0.810. The molecule has 0 radical (unpaired) electrons. The van der Waals surface area contributed by atoms with Gasteiger partial charge in [0.15, 0.2) is 0 Å². The molecule has 0 aliphatic carbocycles. The van der Waals surface area contributed by atoms with Gasteiger partial charge in [-0.2, -0.15) is 5.10 Å². The lowest BCUT2D eigenvalue weighted by molar-refractivity contribution is -0.0167. The second-order valence-electron chi connectivity index (χ2n) is 3.67. The summed E-state index contributed by atoms with van der Waals surface area (Å²) in [7, 11) is 0. The maximum atomic E-state index is 5.60. The lowest BCUT2D eigenvalue weighted by Crippen LogP contribution is -2.51. The van der Waals surface area contributed by atoms with Gasteiger partial charge in [-0.05, 0) is 19.4 Å². The van der Waals surface area contributed by atoms with Gasteiger partial charge in [-0.15, -0.1) is 0 Å². The summed E-state index contributed by atoms with van der Waals surface area (Å²) in [5.41, 5.74) is 5.60. The summed E-state index contributed by atoms with van der Waals surface area (Å²) in [6.07, 6.45) is 2.41. The van der Waals surface area contributed by atoms with Crippen molar-refractivity contribution >= 4 is 5.84 Å². The van der Waals surface area contributed by atoms with Gasteiger partial charge < -0.3 is 16.3 Å². The molecule has 2 fully saturated rings. The summed E-state index contributed by atoms with van der Waals surface area (Å²) in [5.74, 6) is 5.51. The van der Waals surface area contributed by atoms with E-state index in [1.165, 1.54) is 12.8 Å². The van der Waals surface area contributed by atoms with Crippen molar-refractivity contribution in [2.24, 2.45) is 16.7 Å². The van der Waals surface area contributed by atoms with E-state index in [1.807, 2.05) is 0 Å². The van der Waals surface area contributed by atoms with E-state index in [1.54, 1.807) is 0 Å². The van der Waals surface area contributed by atoms with Gasteiger partial charge in [-0.1, -0.05) is 0 Å². The Morgan fingerprint density at radius 3 is 3.15 bits per heavy atom. The van der Waals surface area contributed by atoms with Crippen molar-refractivity contribution < 1.29 is 4.74 Å². The van der Waals surface area contributed by atoms with Crippen molar-refractivity contribution in [2.75, 3.05) is 19.7 Å². The van der Waals surface area contributed by atoms with Crippen LogP contribution < -0.4 is 11.6 Å². The first-order chi connectivity index (χ1) is 6.31. The van der Waals surface area contributed by atoms with E-state index >= 15 is 0 Å². The van der Waals surface area contributed by atoms with Gasteiger partial charge in [0.05, 0.1) is 6.61 Å². The molecule has 2 heterocycles. The Morgan fingerprint density at radius 1 is 1.54 bits per heavy atom. The normalized spacial score (nSPS) is 36.2. The number of morpholine rings is 1. The molecule has 2 atom stereocenters. The number of rotatable bonds is 1. The highest BCUT2D eigenvalue weighted by molar-refractivity contribution is 5.84. The first-order valence-corrected chi connectivity index (χ1v) is 4.70. The predicted octanol–water partition coefficient (Wildman–Crippen LogP) is -0.919. The van der Waals surface area contributed by atoms with Crippen molar-refractivity contribution in [3.05, 3.63) is 0 Å². The summed E-state index contributed by atoms with van der Waals surface area (Å²) in [6.45, 7) is 2.76. The van der Waals surface area contributed by atoms with Crippen LogP contribution in [0.15, 0.2) is 5.10 Å². The third-order valence-corrected chi connectivity index (χ3v) is 2.87. The molecule has 0 aromatic carbocycles. The molecule has 0 aromatic heterocycles. The van der Waals surface area contributed by atoms with Crippen molar-refractivity contribution in [3.63, 3.8) is 0 Å². The summed E-state index contributed by atoms with van der Waals surface area (Å²) in [6, 6.07) is 0.599. The Kier molecular flexibility index (Phi) is 2.37. The number of fused-ring (bicyclic) bond motifs is 1. The number of ether oxygens (including phenoxy) is 1. The van der Waals surface area contributed by atoms with E-state index < -0.39 is 0 Å². The van der Waals surface area contributed by atoms with Crippen LogP contribution in [0.2, 0.25) is 0 Å². The fourth-order valence-corrected chi connectivity index (χ4v) is 2.08. The van der Waals surface area contributed by atoms with Crippen molar-refractivity contribution in [2.45, 2.75) is 25.0 Å². The summed E-state index contributed by atoms with van der Waals surface area (Å²) in [4.78, 5) is 2.41. The van der Waals surface area contributed by atoms with E-state index in [2.05, 4.69) is 10.0 Å². The van der Waals surface area contributed by atoms with E-state index in [-0.39, 0.29) is 6.10 Å². The Labute approximate surface area is 77.7 Å². The minimum atomic E-state index is -0.0978. The van der Waals surface area contributed by atoms with E-state index in [0.717, 1.165) is 19.7 Å². The Balaban J connectivity index is 1.97. The molecule has 2 aliphatic rings. The number of nitrogens with two attached hydrogens (primary N) is 2. The van der Waals surface area contributed by atoms with Crippen LogP contribution in [0.1, 0.15) is 12.8 Å². The highest BCUT2D eigenvalue weighted by atomic mass is 16.5. The SMILES string of the molecule is N/N=C(\N)C1CN2CCCC2CO1.